The normalized spacial score (nSPS) is 44.2. The molecule has 1 heteroatoms. The highest BCUT2D eigenvalue weighted by molar-refractivity contribution is 5.09. The van der Waals surface area contributed by atoms with Gasteiger partial charge in [-0.15, -0.1) is 0 Å². The first-order valence-electron chi connectivity index (χ1n) is 4.67. The van der Waals surface area contributed by atoms with Crippen molar-refractivity contribution in [3.63, 3.8) is 0 Å². The Morgan fingerprint density at radius 1 is 1.36 bits per heavy atom. The molecule has 1 heterocycles. The van der Waals surface area contributed by atoms with Crippen molar-refractivity contribution in [1.82, 2.24) is 4.90 Å². The molecule has 0 aromatic heterocycles. The number of piperidine rings is 1. The Bertz CT molecular complexity index is 180. The molecule has 1 saturated carbocycles. The van der Waals surface area contributed by atoms with E-state index in [0.29, 0.717) is 11.0 Å². The fraction of sp³-hybridized carbons (Fsp3) is 1.00. The van der Waals surface area contributed by atoms with E-state index in [1.165, 1.54) is 19.5 Å². The van der Waals surface area contributed by atoms with Crippen LogP contribution >= 0.6 is 0 Å². The molecule has 0 aromatic rings. The largest absolute Gasteiger partial charge is 0.298 e. The van der Waals surface area contributed by atoms with Crippen LogP contribution in [0.1, 0.15) is 34.1 Å². The van der Waals surface area contributed by atoms with E-state index >= 15 is 0 Å². The number of fused-ring (bicyclic) bond motifs is 1. The van der Waals surface area contributed by atoms with Crippen LogP contribution in [-0.2, 0) is 0 Å². The summed E-state index contributed by atoms with van der Waals surface area (Å²) in [5.41, 5.74) is 1.11. The Morgan fingerprint density at radius 2 is 2.00 bits per heavy atom. The van der Waals surface area contributed by atoms with Gasteiger partial charge in [-0.25, -0.2) is 0 Å². The number of hydrogen-bond donors (Lipinski definition) is 0. The molecule has 0 aromatic carbocycles. The van der Waals surface area contributed by atoms with Gasteiger partial charge in [0.05, 0.1) is 0 Å². The Morgan fingerprint density at radius 3 is 2.27 bits per heavy atom. The van der Waals surface area contributed by atoms with Crippen molar-refractivity contribution in [2.75, 3.05) is 13.1 Å². The lowest BCUT2D eigenvalue weighted by molar-refractivity contribution is 0.147. The number of hydrogen-bond acceptors (Lipinski definition) is 1. The predicted molar refractivity (Wildman–Crippen MR) is 47.5 cm³/mol. The van der Waals surface area contributed by atoms with Crippen molar-refractivity contribution < 1.29 is 0 Å². The minimum absolute atomic E-state index is 0.399. The summed E-state index contributed by atoms with van der Waals surface area (Å²) in [6, 6.07) is 0. The highest BCUT2D eigenvalue weighted by atomic mass is 15.2. The van der Waals surface area contributed by atoms with Crippen LogP contribution in [0.3, 0.4) is 0 Å². The maximum absolute atomic E-state index is 2.63. The second kappa shape index (κ2) is 1.82. The first-order chi connectivity index (χ1) is 4.92. The predicted octanol–water partition coefficient (Wildman–Crippen LogP) is 2.13. The van der Waals surface area contributed by atoms with Gasteiger partial charge in [0.25, 0.3) is 0 Å². The Hall–Kier alpha value is -0.0400. The van der Waals surface area contributed by atoms with E-state index in [4.69, 9.17) is 0 Å². The molecule has 0 N–H and O–H groups in total. The van der Waals surface area contributed by atoms with Crippen LogP contribution in [0.4, 0.5) is 0 Å². The summed E-state index contributed by atoms with van der Waals surface area (Å²) in [4.78, 5) is 2.63. The minimum atomic E-state index is 0.399. The lowest BCUT2D eigenvalue weighted by atomic mass is 10.1. The third-order valence-corrected chi connectivity index (χ3v) is 3.48. The summed E-state index contributed by atoms with van der Waals surface area (Å²) in [5, 5.41) is 0. The SMILES string of the molecule is CC(C)(C)N1C[C@H]2C[C@@]2(C)C1. The van der Waals surface area contributed by atoms with Crippen LogP contribution in [-0.4, -0.2) is 23.5 Å². The molecule has 0 spiro atoms. The molecule has 1 saturated heterocycles. The molecule has 1 aliphatic heterocycles. The van der Waals surface area contributed by atoms with Gasteiger partial charge in [0.1, 0.15) is 0 Å². The smallest absolute Gasteiger partial charge is 0.0125 e. The zero-order valence-electron chi connectivity index (χ0n) is 8.15. The summed E-state index contributed by atoms with van der Waals surface area (Å²) in [6.07, 6.45) is 1.49. The van der Waals surface area contributed by atoms with Crippen molar-refractivity contribution in [1.29, 1.82) is 0 Å². The molecule has 0 radical (unpaired) electrons. The molecule has 2 fully saturated rings. The van der Waals surface area contributed by atoms with Crippen LogP contribution in [0.5, 0.6) is 0 Å². The highest BCUT2D eigenvalue weighted by Gasteiger charge is 2.57. The zero-order chi connectivity index (χ0) is 8.28. The molecular formula is C10H19N. The highest BCUT2D eigenvalue weighted by Crippen LogP contribution is 2.58. The molecule has 1 nitrogen and oxygen atoms in total. The lowest BCUT2D eigenvalue weighted by Gasteiger charge is -2.33. The van der Waals surface area contributed by atoms with E-state index in [1.807, 2.05) is 0 Å². The zero-order valence-corrected chi connectivity index (χ0v) is 8.15. The summed E-state index contributed by atoms with van der Waals surface area (Å²) >= 11 is 0. The summed E-state index contributed by atoms with van der Waals surface area (Å²) in [5.74, 6) is 1.03. The molecule has 1 aliphatic carbocycles. The van der Waals surface area contributed by atoms with Crippen molar-refractivity contribution in [2.45, 2.75) is 39.7 Å². The van der Waals surface area contributed by atoms with Gasteiger partial charge in [-0.3, -0.25) is 4.90 Å². The third kappa shape index (κ3) is 1.10. The second-order valence-corrected chi connectivity index (χ2v) is 5.61. The van der Waals surface area contributed by atoms with Crippen LogP contribution in [0, 0.1) is 11.3 Å². The van der Waals surface area contributed by atoms with Gasteiger partial charge in [0.2, 0.25) is 0 Å². The van der Waals surface area contributed by atoms with Gasteiger partial charge in [-0.1, -0.05) is 6.92 Å². The van der Waals surface area contributed by atoms with E-state index in [9.17, 15) is 0 Å². The molecule has 64 valence electrons. The molecule has 11 heavy (non-hydrogen) atoms. The maximum atomic E-state index is 2.63. The maximum Gasteiger partial charge on any atom is 0.0125 e. The van der Waals surface area contributed by atoms with Gasteiger partial charge in [-0.05, 0) is 38.5 Å². The minimum Gasteiger partial charge on any atom is -0.298 e. The average molecular weight is 153 g/mol. The topological polar surface area (TPSA) is 3.24 Å². The molecule has 2 rings (SSSR count). The van der Waals surface area contributed by atoms with Crippen LogP contribution < -0.4 is 0 Å². The second-order valence-electron chi connectivity index (χ2n) is 5.61. The van der Waals surface area contributed by atoms with E-state index in [2.05, 4.69) is 32.6 Å². The first kappa shape index (κ1) is 7.60. The Labute approximate surface area is 69.8 Å². The summed E-state index contributed by atoms with van der Waals surface area (Å²) < 4.78 is 0. The fourth-order valence-electron chi connectivity index (χ4n) is 2.26. The Balaban J connectivity index is 2.03. The molecule has 0 unspecified atom stereocenters. The monoisotopic (exact) mass is 153 g/mol. The van der Waals surface area contributed by atoms with Crippen LogP contribution in [0.25, 0.3) is 0 Å². The quantitative estimate of drug-likeness (QED) is 0.515. The lowest BCUT2D eigenvalue weighted by Crippen LogP contribution is -2.41. The standard InChI is InChI=1S/C10H19N/c1-9(2,3)11-6-8-5-10(8,4)7-11/h8H,5-7H2,1-4H3/t8-,10+/m1/s1. The van der Waals surface area contributed by atoms with E-state index in [-0.39, 0.29) is 0 Å². The average Bonchev–Trinajstić information content (AvgIpc) is 2.30. The summed E-state index contributed by atoms with van der Waals surface area (Å²) in [7, 11) is 0. The molecule has 2 atom stereocenters. The van der Waals surface area contributed by atoms with E-state index < -0.39 is 0 Å². The molecule has 0 amide bonds. The van der Waals surface area contributed by atoms with E-state index in [1.54, 1.807) is 0 Å². The summed E-state index contributed by atoms with van der Waals surface area (Å²) in [6.45, 7) is 12.1. The van der Waals surface area contributed by atoms with Crippen LogP contribution in [0.2, 0.25) is 0 Å². The van der Waals surface area contributed by atoms with Gasteiger partial charge in [-0.2, -0.15) is 0 Å². The number of rotatable bonds is 0. The van der Waals surface area contributed by atoms with Crippen LogP contribution in [0.15, 0.2) is 0 Å². The van der Waals surface area contributed by atoms with E-state index in [0.717, 1.165) is 5.92 Å². The fourth-order valence-corrected chi connectivity index (χ4v) is 2.26. The Kier molecular flexibility index (Phi) is 1.26. The first-order valence-corrected chi connectivity index (χ1v) is 4.67. The van der Waals surface area contributed by atoms with Crippen molar-refractivity contribution in [3.05, 3.63) is 0 Å². The van der Waals surface area contributed by atoms with Gasteiger partial charge < -0.3 is 0 Å². The van der Waals surface area contributed by atoms with Gasteiger partial charge >= 0.3 is 0 Å². The third-order valence-electron chi connectivity index (χ3n) is 3.48. The molecular weight excluding hydrogens is 134 g/mol. The number of nitrogens with zero attached hydrogens (tertiary/aromatic N) is 1. The van der Waals surface area contributed by atoms with Gasteiger partial charge in [0, 0.05) is 18.6 Å². The van der Waals surface area contributed by atoms with Crippen molar-refractivity contribution >= 4 is 0 Å². The van der Waals surface area contributed by atoms with Crippen molar-refractivity contribution in [2.24, 2.45) is 11.3 Å². The number of likely N-dealkylation sites (tertiary alicyclic amines) is 1. The van der Waals surface area contributed by atoms with Gasteiger partial charge in [0.15, 0.2) is 0 Å². The van der Waals surface area contributed by atoms with Crippen molar-refractivity contribution in [3.8, 4) is 0 Å². The molecule has 0 bridgehead atoms. The molecule has 2 aliphatic rings.